The van der Waals surface area contributed by atoms with Gasteiger partial charge in [-0.05, 0) is 45.2 Å². The van der Waals surface area contributed by atoms with Gasteiger partial charge in [-0.25, -0.2) is 9.80 Å². The van der Waals surface area contributed by atoms with Crippen LogP contribution in [0.15, 0.2) is 29.8 Å². The van der Waals surface area contributed by atoms with Gasteiger partial charge in [-0.3, -0.25) is 10.0 Å². The van der Waals surface area contributed by atoms with Gasteiger partial charge in [0.15, 0.2) is 0 Å². The van der Waals surface area contributed by atoms with Gasteiger partial charge in [0.25, 0.3) is 0 Å². The molecule has 1 aromatic rings. The quantitative estimate of drug-likeness (QED) is 0.781. The van der Waals surface area contributed by atoms with Crippen molar-refractivity contribution in [3.8, 4) is 0 Å². The third kappa shape index (κ3) is 3.65. The van der Waals surface area contributed by atoms with Gasteiger partial charge in [-0.1, -0.05) is 24.8 Å². The molecule has 3 heterocycles. The molecule has 0 atom stereocenters. The van der Waals surface area contributed by atoms with Gasteiger partial charge in [-0.15, -0.1) is 0 Å². The fourth-order valence-corrected chi connectivity index (χ4v) is 4.26. The second-order valence-corrected chi connectivity index (χ2v) is 9.17. The number of aliphatic imine (C=N–C) groups is 1. The number of hydrogen-bond donors (Lipinski definition) is 0. The van der Waals surface area contributed by atoms with Crippen molar-refractivity contribution >= 4 is 24.1 Å². The van der Waals surface area contributed by atoms with Crippen LogP contribution >= 0.6 is 0 Å². The number of rotatable bonds is 2. The van der Waals surface area contributed by atoms with E-state index in [1.165, 1.54) is 5.69 Å². The predicted octanol–water partition coefficient (Wildman–Crippen LogP) is 3.77. The molecule has 6 nitrogen and oxygen atoms in total. The zero-order valence-corrected chi connectivity index (χ0v) is 17.1. The molecule has 0 bridgehead atoms. The molecule has 0 saturated carbocycles. The van der Waals surface area contributed by atoms with E-state index in [-0.39, 0.29) is 6.09 Å². The van der Waals surface area contributed by atoms with Crippen LogP contribution in [0.2, 0.25) is 0 Å². The first-order valence-electron chi connectivity index (χ1n) is 10.1. The Labute approximate surface area is 167 Å². The van der Waals surface area contributed by atoms with Crippen LogP contribution in [0.1, 0.15) is 44.7 Å². The van der Waals surface area contributed by atoms with Crippen molar-refractivity contribution in [2.24, 2.45) is 10.4 Å². The maximum absolute atomic E-state index is 12.3. The summed E-state index contributed by atoms with van der Waals surface area (Å²) in [6, 6.07) is 6.37. The van der Waals surface area contributed by atoms with Gasteiger partial charge in [0.1, 0.15) is 12.3 Å². The number of likely N-dealkylation sites (tertiary alicyclic amines) is 1. The summed E-state index contributed by atoms with van der Waals surface area (Å²) in [5, 5.41) is 4.68. The highest BCUT2D eigenvalue weighted by Gasteiger charge is 2.48. The van der Waals surface area contributed by atoms with Crippen molar-refractivity contribution in [3.05, 3.63) is 35.9 Å². The van der Waals surface area contributed by atoms with Gasteiger partial charge in [0.2, 0.25) is 0 Å². The minimum Gasteiger partial charge on any atom is -0.444 e. The Morgan fingerprint density at radius 1 is 1.25 bits per heavy atom. The lowest BCUT2D eigenvalue weighted by Crippen LogP contribution is -2.66. The van der Waals surface area contributed by atoms with Crippen molar-refractivity contribution in [1.29, 1.82) is 0 Å². The number of fused-ring (bicyclic) bond motifs is 1. The number of nitrogens with zero attached hydrogens (tertiary/aromatic N) is 4. The Morgan fingerprint density at radius 2 is 1.96 bits per heavy atom. The number of hydrogen-bond acceptors (Lipinski definition) is 5. The molecule has 3 aliphatic rings. The van der Waals surface area contributed by atoms with Crippen LogP contribution in [0, 0.1) is 5.41 Å². The third-order valence-corrected chi connectivity index (χ3v) is 5.87. The number of ether oxygens (including phenoxy) is 1. The van der Waals surface area contributed by atoms with Crippen LogP contribution in [0.25, 0.3) is 6.08 Å². The van der Waals surface area contributed by atoms with Gasteiger partial charge in [0.05, 0.1) is 5.69 Å². The summed E-state index contributed by atoms with van der Waals surface area (Å²) in [4.78, 5) is 18.7. The number of amides is 1. The number of hydrazine groups is 1. The van der Waals surface area contributed by atoms with Crippen molar-refractivity contribution in [2.45, 2.75) is 39.2 Å². The molecule has 1 amide bonds. The average molecular weight is 383 g/mol. The summed E-state index contributed by atoms with van der Waals surface area (Å²) in [5.41, 5.74) is 3.34. The SMILES string of the molecule is C=Cc1ccc2c(c1)N(N1CC3(CCN(C(=O)OC(C)(C)C)CC3)C1)CN=C2. The fourth-order valence-electron chi connectivity index (χ4n) is 4.26. The molecule has 1 spiro atoms. The van der Waals surface area contributed by atoms with E-state index >= 15 is 0 Å². The molecule has 28 heavy (non-hydrogen) atoms. The van der Waals surface area contributed by atoms with Crippen molar-refractivity contribution in [1.82, 2.24) is 9.91 Å². The molecule has 0 aromatic heterocycles. The third-order valence-electron chi connectivity index (χ3n) is 5.87. The van der Waals surface area contributed by atoms with Gasteiger partial charge in [-0.2, -0.15) is 0 Å². The highest BCUT2D eigenvalue weighted by Crippen LogP contribution is 2.43. The first kappa shape index (κ1) is 19.0. The van der Waals surface area contributed by atoms with Crippen molar-refractivity contribution < 1.29 is 9.53 Å². The van der Waals surface area contributed by atoms with E-state index in [0.29, 0.717) is 12.1 Å². The molecule has 0 N–H and O–H groups in total. The topological polar surface area (TPSA) is 48.4 Å². The number of carbonyl (C=O) groups is 1. The van der Waals surface area contributed by atoms with Crippen LogP contribution in [-0.2, 0) is 4.74 Å². The Kier molecular flexibility index (Phi) is 4.70. The van der Waals surface area contributed by atoms with Gasteiger partial charge in [0, 0.05) is 43.4 Å². The summed E-state index contributed by atoms with van der Waals surface area (Å²) in [6.45, 7) is 13.9. The Bertz CT molecular complexity index is 795. The Hall–Kier alpha value is -2.34. The molecule has 1 aromatic carbocycles. The highest BCUT2D eigenvalue weighted by atomic mass is 16.6. The van der Waals surface area contributed by atoms with E-state index in [4.69, 9.17) is 4.74 Å². The monoisotopic (exact) mass is 382 g/mol. The molecule has 2 fully saturated rings. The van der Waals surface area contributed by atoms with Crippen molar-refractivity contribution in [2.75, 3.05) is 37.9 Å². The number of carbonyl (C=O) groups excluding carboxylic acids is 1. The lowest BCUT2D eigenvalue weighted by Gasteiger charge is -2.57. The minimum atomic E-state index is -0.439. The van der Waals surface area contributed by atoms with E-state index in [1.54, 1.807) is 0 Å². The van der Waals surface area contributed by atoms with E-state index in [0.717, 1.165) is 50.1 Å². The molecule has 0 unspecified atom stereocenters. The van der Waals surface area contributed by atoms with Crippen molar-refractivity contribution in [3.63, 3.8) is 0 Å². The first-order chi connectivity index (χ1) is 13.3. The van der Waals surface area contributed by atoms with Crippen LogP contribution < -0.4 is 5.01 Å². The molecule has 4 rings (SSSR count). The molecule has 0 radical (unpaired) electrons. The first-order valence-corrected chi connectivity index (χ1v) is 10.1. The molecule has 3 aliphatic heterocycles. The molecule has 2 saturated heterocycles. The largest absolute Gasteiger partial charge is 0.444 e. The predicted molar refractivity (Wildman–Crippen MR) is 113 cm³/mol. The van der Waals surface area contributed by atoms with Crippen LogP contribution in [-0.4, -0.2) is 60.7 Å². The van der Waals surface area contributed by atoms with Gasteiger partial charge < -0.3 is 9.64 Å². The van der Waals surface area contributed by atoms with Crippen LogP contribution in [0.3, 0.4) is 0 Å². The second-order valence-electron chi connectivity index (χ2n) is 9.17. The Morgan fingerprint density at radius 3 is 2.61 bits per heavy atom. The molecule has 150 valence electrons. The van der Waals surface area contributed by atoms with Crippen LogP contribution in [0.5, 0.6) is 0 Å². The summed E-state index contributed by atoms with van der Waals surface area (Å²) < 4.78 is 5.52. The number of benzene rings is 1. The number of piperidine rings is 1. The number of anilines is 1. The Balaban J connectivity index is 1.36. The average Bonchev–Trinajstić information content (AvgIpc) is 2.64. The molecule has 0 aliphatic carbocycles. The standard InChI is InChI=1S/C22H30N4O2/c1-5-17-6-7-18-13-23-16-26(19(18)12-17)25-14-22(15-25)8-10-24(11-9-22)20(27)28-21(2,3)4/h5-7,12-13H,1,8-11,14-16H2,2-4H3. The normalized spacial score (nSPS) is 21.2. The lowest BCUT2D eigenvalue weighted by atomic mass is 9.73. The van der Waals surface area contributed by atoms with E-state index in [2.05, 4.69) is 39.8 Å². The highest BCUT2D eigenvalue weighted by molar-refractivity contribution is 5.90. The smallest absolute Gasteiger partial charge is 0.410 e. The zero-order chi connectivity index (χ0) is 19.9. The maximum Gasteiger partial charge on any atom is 0.410 e. The minimum absolute atomic E-state index is 0.185. The molecular weight excluding hydrogens is 352 g/mol. The van der Waals surface area contributed by atoms with E-state index in [9.17, 15) is 4.79 Å². The lowest BCUT2D eigenvalue weighted by molar-refractivity contribution is -0.0567. The fraction of sp³-hybridized carbons (Fsp3) is 0.545. The zero-order valence-electron chi connectivity index (χ0n) is 17.1. The summed E-state index contributed by atoms with van der Waals surface area (Å²) in [7, 11) is 0. The van der Waals surface area contributed by atoms with E-state index in [1.807, 2.05) is 38.0 Å². The maximum atomic E-state index is 12.3. The summed E-state index contributed by atoms with van der Waals surface area (Å²) in [6.07, 6.45) is 5.70. The second kappa shape index (κ2) is 6.92. The van der Waals surface area contributed by atoms with Gasteiger partial charge >= 0.3 is 6.09 Å². The molecule has 6 heteroatoms. The summed E-state index contributed by atoms with van der Waals surface area (Å²) in [5.74, 6) is 0. The van der Waals surface area contributed by atoms with Crippen LogP contribution in [0.4, 0.5) is 10.5 Å². The van der Waals surface area contributed by atoms with E-state index < -0.39 is 5.60 Å². The molecular formula is C22H30N4O2. The summed E-state index contributed by atoms with van der Waals surface area (Å²) >= 11 is 0.